The van der Waals surface area contributed by atoms with E-state index in [-0.39, 0.29) is 6.04 Å². The van der Waals surface area contributed by atoms with Crippen molar-refractivity contribution < 1.29 is 0 Å². The predicted octanol–water partition coefficient (Wildman–Crippen LogP) is 5.36. The molecular formula is C24H21N5. The van der Waals surface area contributed by atoms with Crippen molar-refractivity contribution in [3.05, 3.63) is 85.1 Å². The van der Waals surface area contributed by atoms with Crippen molar-refractivity contribution in [2.24, 2.45) is 7.05 Å². The Labute approximate surface area is 169 Å². The van der Waals surface area contributed by atoms with Gasteiger partial charge in [0.05, 0.1) is 17.1 Å². The Bertz CT molecular complexity index is 1310. The van der Waals surface area contributed by atoms with Gasteiger partial charge in [-0.15, -0.1) is 0 Å². The number of aryl methyl sites for hydroxylation is 1. The number of nitrogens with one attached hydrogen (secondary N) is 1. The van der Waals surface area contributed by atoms with Crippen molar-refractivity contribution in [3.8, 4) is 11.1 Å². The van der Waals surface area contributed by atoms with E-state index in [1.807, 2.05) is 12.3 Å². The maximum absolute atomic E-state index is 4.62. The summed E-state index contributed by atoms with van der Waals surface area (Å²) in [6.07, 6.45) is 9.25. The van der Waals surface area contributed by atoms with Crippen molar-refractivity contribution in [3.63, 3.8) is 0 Å². The number of fused-ring (bicyclic) bond motifs is 2. The Hall–Kier alpha value is -3.73. The van der Waals surface area contributed by atoms with E-state index in [1.165, 1.54) is 10.9 Å². The first-order valence-electron chi connectivity index (χ1n) is 9.66. The van der Waals surface area contributed by atoms with Crippen molar-refractivity contribution in [1.29, 1.82) is 0 Å². The summed E-state index contributed by atoms with van der Waals surface area (Å²) >= 11 is 0. The molecule has 0 amide bonds. The van der Waals surface area contributed by atoms with Crippen LogP contribution in [0.25, 0.3) is 33.1 Å². The quantitative estimate of drug-likeness (QED) is 0.457. The topological polar surface area (TPSA) is 55.6 Å². The van der Waals surface area contributed by atoms with Gasteiger partial charge in [0.15, 0.2) is 0 Å². The molecule has 0 aliphatic carbocycles. The first-order valence-corrected chi connectivity index (χ1v) is 9.66. The molecule has 5 rings (SSSR count). The summed E-state index contributed by atoms with van der Waals surface area (Å²) in [5.74, 6) is 0. The van der Waals surface area contributed by atoms with Gasteiger partial charge >= 0.3 is 0 Å². The summed E-state index contributed by atoms with van der Waals surface area (Å²) < 4.78 is 2.13. The first kappa shape index (κ1) is 17.4. The highest BCUT2D eigenvalue weighted by molar-refractivity contribution is 5.97. The molecule has 0 aliphatic heterocycles. The van der Waals surface area contributed by atoms with Crippen LogP contribution in [0.3, 0.4) is 0 Å². The molecule has 0 spiro atoms. The molecule has 0 aliphatic rings. The molecule has 5 heteroatoms. The lowest BCUT2D eigenvalue weighted by Crippen LogP contribution is -2.07. The van der Waals surface area contributed by atoms with Crippen LogP contribution >= 0.6 is 0 Å². The highest BCUT2D eigenvalue weighted by Crippen LogP contribution is 2.33. The molecule has 3 heterocycles. The number of aromatic nitrogens is 4. The van der Waals surface area contributed by atoms with E-state index in [4.69, 9.17) is 0 Å². The van der Waals surface area contributed by atoms with Crippen LogP contribution in [0.1, 0.15) is 18.5 Å². The third kappa shape index (κ3) is 3.21. The average molecular weight is 379 g/mol. The molecule has 0 bridgehead atoms. The lowest BCUT2D eigenvalue weighted by Gasteiger charge is -2.17. The van der Waals surface area contributed by atoms with Gasteiger partial charge in [-0.3, -0.25) is 15.0 Å². The lowest BCUT2D eigenvalue weighted by atomic mass is 10.0. The maximum atomic E-state index is 4.62. The van der Waals surface area contributed by atoms with Gasteiger partial charge in [-0.2, -0.15) is 0 Å². The van der Waals surface area contributed by atoms with Crippen molar-refractivity contribution in [1.82, 2.24) is 19.5 Å². The van der Waals surface area contributed by atoms with E-state index in [9.17, 15) is 0 Å². The summed E-state index contributed by atoms with van der Waals surface area (Å²) in [5, 5.41) is 4.80. The number of anilines is 1. The minimum atomic E-state index is 0.127. The number of hydrogen-bond donors (Lipinski definition) is 1. The lowest BCUT2D eigenvalue weighted by molar-refractivity contribution is 0.876. The van der Waals surface area contributed by atoms with E-state index in [2.05, 4.69) is 87.5 Å². The number of nitrogens with zero attached hydrogens (tertiary/aromatic N) is 4. The molecule has 0 fully saturated rings. The van der Waals surface area contributed by atoms with Crippen LogP contribution in [0.15, 0.2) is 79.5 Å². The fraction of sp³-hybridized carbons (Fsp3) is 0.125. The van der Waals surface area contributed by atoms with Gasteiger partial charge in [0.2, 0.25) is 0 Å². The third-order valence-corrected chi connectivity index (χ3v) is 5.34. The van der Waals surface area contributed by atoms with E-state index < -0.39 is 0 Å². The zero-order chi connectivity index (χ0) is 19.8. The molecule has 0 saturated carbocycles. The molecule has 1 N–H and O–H groups in total. The molecule has 142 valence electrons. The summed E-state index contributed by atoms with van der Waals surface area (Å²) in [5.41, 5.74) is 7.34. The zero-order valence-corrected chi connectivity index (χ0v) is 16.4. The molecule has 29 heavy (non-hydrogen) atoms. The minimum absolute atomic E-state index is 0.127. The highest BCUT2D eigenvalue weighted by Gasteiger charge is 2.12. The SMILES string of the molecule is CC(Nc1cc(-c2ccc3c(ccn3C)c2)c2nccnc2c1)c1cccnc1. The van der Waals surface area contributed by atoms with Crippen LogP contribution in [0, 0.1) is 0 Å². The molecule has 5 nitrogen and oxygen atoms in total. The predicted molar refractivity (Wildman–Crippen MR) is 118 cm³/mol. The van der Waals surface area contributed by atoms with Crippen LogP contribution in [0.5, 0.6) is 0 Å². The Kier molecular flexibility index (Phi) is 4.21. The maximum Gasteiger partial charge on any atom is 0.0966 e. The van der Waals surface area contributed by atoms with Crippen molar-refractivity contribution in [2.75, 3.05) is 5.32 Å². The molecule has 2 aromatic carbocycles. The van der Waals surface area contributed by atoms with Crippen LogP contribution < -0.4 is 5.32 Å². The van der Waals surface area contributed by atoms with Crippen molar-refractivity contribution >= 4 is 27.6 Å². The average Bonchev–Trinajstić information content (AvgIpc) is 3.14. The van der Waals surface area contributed by atoms with Gasteiger partial charge in [-0.1, -0.05) is 12.1 Å². The van der Waals surface area contributed by atoms with Gasteiger partial charge < -0.3 is 9.88 Å². The number of rotatable bonds is 4. The van der Waals surface area contributed by atoms with Gasteiger partial charge in [0, 0.05) is 60.2 Å². The monoisotopic (exact) mass is 379 g/mol. The van der Waals surface area contributed by atoms with Gasteiger partial charge in [0.1, 0.15) is 0 Å². The summed E-state index contributed by atoms with van der Waals surface area (Å²) in [4.78, 5) is 13.4. The van der Waals surface area contributed by atoms with E-state index >= 15 is 0 Å². The van der Waals surface area contributed by atoms with Crippen molar-refractivity contribution in [2.45, 2.75) is 13.0 Å². The molecular weight excluding hydrogens is 358 g/mol. The van der Waals surface area contributed by atoms with Crippen LogP contribution in [0.2, 0.25) is 0 Å². The number of hydrogen-bond acceptors (Lipinski definition) is 4. The van der Waals surface area contributed by atoms with E-state index in [0.29, 0.717) is 0 Å². The van der Waals surface area contributed by atoms with Gasteiger partial charge in [0.25, 0.3) is 0 Å². The first-order chi connectivity index (χ1) is 14.2. The molecule has 5 aromatic rings. The zero-order valence-electron chi connectivity index (χ0n) is 16.4. The summed E-state index contributed by atoms with van der Waals surface area (Å²) in [6.45, 7) is 2.13. The fourth-order valence-corrected chi connectivity index (χ4v) is 3.79. The van der Waals surface area contributed by atoms with E-state index in [0.717, 1.165) is 33.4 Å². The standard InChI is InChI=1S/C24H21N5/c1-16(19-4-3-8-25-15-19)28-20-13-21(24-22(14-20)26-9-10-27-24)17-5-6-23-18(12-17)7-11-29(23)2/h3-16,28H,1-2H3. The second kappa shape index (κ2) is 7.02. The number of pyridine rings is 1. The molecule has 3 aromatic heterocycles. The minimum Gasteiger partial charge on any atom is -0.378 e. The smallest absolute Gasteiger partial charge is 0.0966 e. The second-order valence-corrected chi connectivity index (χ2v) is 7.30. The Morgan fingerprint density at radius 2 is 1.86 bits per heavy atom. The third-order valence-electron chi connectivity index (χ3n) is 5.34. The highest BCUT2D eigenvalue weighted by atomic mass is 14.9. The fourth-order valence-electron chi connectivity index (χ4n) is 3.79. The second-order valence-electron chi connectivity index (χ2n) is 7.30. The van der Waals surface area contributed by atoms with E-state index in [1.54, 1.807) is 18.6 Å². The Balaban J connectivity index is 1.61. The Morgan fingerprint density at radius 1 is 0.966 bits per heavy atom. The van der Waals surface area contributed by atoms with Gasteiger partial charge in [-0.25, -0.2) is 0 Å². The molecule has 1 unspecified atom stereocenters. The molecule has 1 atom stereocenters. The molecule has 0 radical (unpaired) electrons. The largest absolute Gasteiger partial charge is 0.378 e. The summed E-state index contributed by atoms with van der Waals surface area (Å²) in [6, 6.07) is 17.0. The molecule has 0 saturated heterocycles. The normalized spacial score (nSPS) is 12.3. The van der Waals surface area contributed by atoms with Crippen LogP contribution in [0.4, 0.5) is 5.69 Å². The van der Waals surface area contributed by atoms with Crippen LogP contribution in [-0.2, 0) is 7.05 Å². The summed E-state index contributed by atoms with van der Waals surface area (Å²) in [7, 11) is 2.06. The Morgan fingerprint density at radius 3 is 2.72 bits per heavy atom. The number of benzene rings is 2. The van der Waals surface area contributed by atoms with Crippen LogP contribution in [-0.4, -0.2) is 19.5 Å². The van der Waals surface area contributed by atoms with Gasteiger partial charge in [-0.05, 0) is 54.4 Å².